The van der Waals surface area contributed by atoms with Crippen molar-refractivity contribution in [2.75, 3.05) is 13.1 Å². The lowest BCUT2D eigenvalue weighted by Gasteiger charge is -2.18. The molecule has 6 heteroatoms. The molecule has 3 aromatic rings. The van der Waals surface area contributed by atoms with E-state index in [1.165, 1.54) is 5.56 Å². The van der Waals surface area contributed by atoms with Gasteiger partial charge in [0.1, 0.15) is 11.3 Å². The Kier molecular flexibility index (Phi) is 4.79. The zero-order chi connectivity index (χ0) is 18.8. The third kappa shape index (κ3) is 3.52. The summed E-state index contributed by atoms with van der Waals surface area (Å²) in [6, 6.07) is 12.2. The van der Waals surface area contributed by atoms with Crippen molar-refractivity contribution in [3.05, 3.63) is 59.5 Å². The van der Waals surface area contributed by atoms with Gasteiger partial charge < -0.3 is 14.8 Å². The van der Waals surface area contributed by atoms with E-state index in [1.54, 1.807) is 6.20 Å². The maximum atomic E-state index is 12.6. The number of carbonyl (C=O) groups excluding carboxylic acids is 1. The third-order valence-corrected chi connectivity index (χ3v) is 5.25. The fraction of sp³-hybridized carbons (Fsp3) is 0.381. The maximum absolute atomic E-state index is 12.6. The highest BCUT2D eigenvalue weighted by molar-refractivity contribution is 5.75. The summed E-state index contributed by atoms with van der Waals surface area (Å²) >= 11 is 0. The predicted molar refractivity (Wildman–Crippen MR) is 106 cm³/mol. The first-order valence-electron chi connectivity index (χ1n) is 9.55. The van der Waals surface area contributed by atoms with Gasteiger partial charge in [-0.15, -0.1) is 0 Å². The van der Waals surface area contributed by atoms with Crippen LogP contribution in [-0.4, -0.2) is 38.6 Å². The van der Waals surface area contributed by atoms with Gasteiger partial charge in [0.15, 0.2) is 5.65 Å². The number of hydrogen-bond acceptors (Lipinski definition) is 3. The molecule has 6 nitrogen and oxygen atoms in total. The quantitative estimate of drug-likeness (QED) is 0.772. The van der Waals surface area contributed by atoms with E-state index in [4.69, 9.17) is 4.98 Å². The summed E-state index contributed by atoms with van der Waals surface area (Å²) in [7, 11) is 0. The van der Waals surface area contributed by atoms with Crippen molar-refractivity contribution in [2.24, 2.45) is 0 Å². The molecule has 0 spiro atoms. The van der Waals surface area contributed by atoms with Crippen molar-refractivity contribution in [2.45, 2.75) is 39.3 Å². The van der Waals surface area contributed by atoms with Crippen LogP contribution in [0.5, 0.6) is 0 Å². The number of hydrogen-bond donors (Lipinski definition) is 1. The molecule has 140 valence electrons. The predicted octanol–water partition coefficient (Wildman–Crippen LogP) is 3.46. The molecule has 1 aliphatic heterocycles. The topological polar surface area (TPSA) is 63.1 Å². The normalized spacial score (nSPS) is 16.8. The standard InChI is InChI=1S/C21H25N5O/c1-3-26-19(24-18-5-4-11-22-20(18)26)17-10-12-25(14-17)21(27)23-13-16-8-6-15(2)7-9-16/h4-9,11,17H,3,10,12-14H2,1-2H3,(H,23,27). The number of carbonyl (C=O) groups is 1. The molecule has 1 unspecified atom stereocenters. The Balaban J connectivity index is 1.42. The van der Waals surface area contributed by atoms with Crippen LogP contribution >= 0.6 is 0 Å². The summed E-state index contributed by atoms with van der Waals surface area (Å²) < 4.78 is 2.17. The van der Waals surface area contributed by atoms with Gasteiger partial charge in [0.05, 0.1) is 0 Å². The van der Waals surface area contributed by atoms with Crippen LogP contribution in [0.1, 0.15) is 36.2 Å². The van der Waals surface area contributed by atoms with Crippen molar-refractivity contribution >= 4 is 17.2 Å². The summed E-state index contributed by atoms with van der Waals surface area (Å²) in [6.07, 6.45) is 2.74. The molecule has 1 aromatic carbocycles. The number of pyridine rings is 1. The number of amides is 2. The molecule has 0 aliphatic carbocycles. The highest BCUT2D eigenvalue weighted by atomic mass is 16.2. The van der Waals surface area contributed by atoms with E-state index in [0.717, 1.165) is 42.1 Å². The first-order chi connectivity index (χ1) is 13.2. The number of nitrogens with one attached hydrogen (secondary N) is 1. The minimum Gasteiger partial charge on any atom is -0.334 e. The molecule has 0 bridgehead atoms. The number of aryl methyl sites for hydroxylation is 2. The van der Waals surface area contributed by atoms with E-state index in [2.05, 4.69) is 53.0 Å². The highest BCUT2D eigenvalue weighted by Crippen LogP contribution is 2.29. The third-order valence-electron chi connectivity index (χ3n) is 5.25. The Morgan fingerprint density at radius 3 is 2.85 bits per heavy atom. The fourth-order valence-corrected chi connectivity index (χ4v) is 3.75. The molecule has 3 heterocycles. The average Bonchev–Trinajstić information content (AvgIpc) is 3.31. The Morgan fingerprint density at radius 2 is 2.07 bits per heavy atom. The van der Waals surface area contributed by atoms with Gasteiger partial charge in [-0.2, -0.15) is 0 Å². The molecule has 1 saturated heterocycles. The van der Waals surface area contributed by atoms with Crippen LogP contribution in [0.3, 0.4) is 0 Å². The average molecular weight is 363 g/mol. The molecular weight excluding hydrogens is 338 g/mol. The van der Waals surface area contributed by atoms with Crippen molar-refractivity contribution < 1.29 is 4.79 Å². The van der Waals surface area contributed by atoms with E-state index >= 15 is 0 Å². The number of rotatable bonds is 4. The van der Waals surface area contributed by atoms with E-state index in [1.807, 2.05) is 17.0 Å². The Labute approximate surface area is 159 Å². The number of aromatic nitrogens is 3. The summed E-state index contributed by atoms with van der Waals surface area (Å²) in [5, 5.41) is 3.03. The molecule has 4 rings (SSSR count). The number of urea groups is 1. The molecule has 1 N–H and O–H groups in total. The molecule has 0 saturated carbocycles. The molecule has 1 fully saturated rings. The van der Waals surface area contributed by atoms with Gasteiger partial charge in [0.25, 0.3) is 0 Å². The summed E-state index contributed by atoms with van der Waals surface area (Å²) in [5.41, 5.74) is 4.19. The van der Waals surface area contributed by atoms with E-state index in [0.29, 0.717) is 13.1 Å². The van der Waals surface area contributed by atoms with Crippen LogP contribution in [-0.2, 0) is 13.1 Å². The molecule has 1 aliphatic rings. The zero-order valence-corrected chi connectivity index (χ0v) is 15.9. The minimum absolute atomic E-state index is 0.00430. The van der Waals surface area contributed by atoms with Crippen molar-refractivity contribution in [3.63, 3.8) is 0 Å². The first-order valence-corrected chi connectivity index (χ1v) is 9.55. The van der Waals surface area contributed by atoms with Gasteiger partial charge in [-0.05, 0) is 38.0 Å². The minimum atomic E-state index is -0.00430. The number of benzene rings is 1. The van der Waals surface area contributed by atoms with Gasteiger partial charge in [-0.1, -0.05) is 29.8 Å². The van der Waals surface area contributed by atoms with Crippen LogP contribution in [0.2, 0.25) is 0 Å². The summed E-state index contributed by atoms with van der Waals surface area (Å²) in [5.74, 6) is 1.30. The second kappa shape index (κ2) is 7.39. The lowest BCUT2D eigenvalue weighted by Crippen LogP contribution is -2.38. The largest absolute Gasteiger partial charge is 0.334 e. The zero-order valence-electron chi connectivity index (χ0n) is 15.9. The fourth-order valence-electron chi connectivity index (χ4n) is 3.75. The van der Waals surface area contributed by atoms with E-state index < -0.39 is 0 Å². The van der Waals surface area contributed by atoms with Crippen LogP contribution < -0.4 is 5.32 Å². The molecule has 27 heavy (non-hydrogen) atoms. The molecular formula is C21H25N5O. The Bertz CT molecular complexity index is 947. The number of fused-ring (bicyclic) bond motifs is 1. The lowest BCUT2D eigenvalue weighted by atomic mass is 10.1. The van der Waals surface area contributed by atoms with Crippen molar-refractivity contribution in [3.8, 4) is 0 Å². The smallest absolute Gasteiger partial charge is 0.317 e. The summed E-state index contributed by atoms with van der Waals surface area (Å²) in [4.78, 5) is 23.7. The maximum Gasteiger partial charge on any atom is 0.317 e. The van der Waals surface area contributed by atoms with E-state index in [-0.39, 0.29) is 11.9 Å². The molecule has 1 atom stereocenters. The monoisotopic (exact) mass is 363 g/mol. The van der Waals surface area contributed by atoms with Gasteiger partial charge >= 0.3 is 6.03 Å². The Hall–Kier alpha value is -2.89. The van der Waals surface area contributed by atoms with Crippen LogP contribution in [0, 0.1) is 6.92 Å². The number of nitrogens with zero attached hydrogens (tertiary/aromatic N) is 4. The van der Waals surface area contributed by atoms with Gasteiger partial charge in [0.2, 0.25) is 0 Å². The molecule has 2 amide bonds. The van der Waals surface area contributed by atoms with Gasteiger partial charge in [-0.25, -0.2) is 14.8 Å². The highest BCUT2D eigenvalue weighted by Gasteiger charge is 2.30. The van der Waals surface area contributed by atoms with Crippen molar-refractivity contribution in [1.82, 2.24) is 24.8 Å². The van der Waals surface area contributed by atoms with Crippen molar-refractivity contribution in [1.29, 1.82) is 0 Å². The van der Waals surface area contributed by atoms with Gasteiger partial charge in [-0.3, -0.25) is 0 Å². The van der Waals surface area contributed by atoms with Gasteiger partial charge in [0, 0.05) is 38.3 Å². The first kappa shape index (κ1) is 17.5. The molecule has 0 radical (unpaired) electrons. The number of imidazole rings is 1. The van der Waals surface area contributed by atoms with E-state index in [9.17, 15) is 4.79 Å². The second-order valence-electron chi connectivity index (χ2n) is 7.14. The number of likely N-dealkylation sites (tertiary alicyclic amines) is 1. The van der Waals surface area contributed by atoms with Crippen LogP contribution in [0.15, 0.2) is 42.6 Å². The second-order valence-corrected chi connectivity index (χ2v) is 7.14. The van der Waals surface area contributed by atoms with Crippen LogP contribution in [0.4, 0.5) is 4.79 Å². The summed E-state index contributed by atoms with van der Waals surface area (Å²) in [6.45, 7) is 7.01. The Morgan fingerprint density at radius 1 is 1.26 bits per heavy atom. The lowest BCUT2D eigenvalue weighted by molar-refractivity contribution is 0.207. The van der Waals surface area contributed by atoms with Crippen LogP contribution in [0.25, 0.3) is 11.2 Å². The molecule has 2 aromatic heterocycles. The SMILES string of the molecule is CCn1c(C2CCN(C(=O)NCc3ccc(C)cc3)C2)nc2cccnc21.